The van der Waals surface area contributed by atoms with E-state index >= 15 is 0 Å². The van der Waals surface area contributed by atoms with Crippen LogP contribution < -0.4 is 11.1 Å². The van der Waals surface area contributed by atoms with Crippen molar-refractivity contribution >= 4 is 36.4 Å². The highest BCUT2D eigenvalue weighted by Crippen LogP contribution is 2.20. The van der Waals surface area contributed by atoms with Crippen molar-refractivity contribution in [1.82, 2.24) is 4.90 Å². The fraction of sp³-hybridized carbons (Fsp3) is 0.533. The second-order valence-corrected chi connectivity index (χ2v) is 5.24. The monoisotopic (exact) mass is 333 g/mol. The van der Waals surface area contributed by atoms with Crippen LogP contribution in [0.15, 0.2) is 18.2 Å². The molecule has 120 valence electrons. The number of nitrogens with one attached hydrogen (secondary N) is 1. The van der Waals surface area contributed by atoms with E-state index in [2.05, 4.69) is 31.3 Å². The van der Waals surface area contributed by atoms with Crippen LogP contribution in [0, 0.1) is 13.8 Å². The van der Waals surface area contributed by atoms with E-state index < -0.39 is 0 Å². The van der Waals surface area contributed by atoms with E-state index in [1.165, 1.54) is 11.1 Å². The highest BCUT2D eigenvalue weighted by molar-refractivity contribution is 5.85. The summed E-state index contributed by atoms with van der Waals surface area (Å²) in [6, 6.07) is 6.37. The van der Waals surface area contributed by atoms with Crippen LogP contribution in [0.1, 0.15) is 24.0 Å². The smallest absolute Gasteiger partial charge is 0.242 e. The Kier molecular flexibility index (Phi) is 8.71. The average Bonchev–Trinajstić information content (AvgIpc) is 2.86. The van der Waals surface area contributed by atoms with Crippen LogP contribution >= 0.6 is 24.8 Å². The molecule has 1 unspecified atom stereocenters. The van der Waals surface area contributed by atoms with E-state index in [1.54, 1.807) is 0 Å². The number of aryl methyl sites for hydroxylation is 2. The first-order chi connectivity index (χ1) is 9.13. The Balaban J connectivity index is 0.00000200. The van der Waals surface area contributed by atoms with Crippen molar-refractivity contribution in [2.45, 2.75) is 32.7 Å². The molecule has 0 saturated carbocycles. The SMILES string of the molecule is Cc1cccc(C)c1NCC(=O)N1CCCC1CN.Cl.Cl. The number of nitrogens with zero attached hydrogens (tertiary/aromatic N) is 1. The maximum atomic E-state index is 12.2. The second-order valence-electron chi connectivity index (χ2n) is 5.24. The van der Waals surface area contributed by atoms with Gasteiger partial charge in [0.25, 0.3) is 0 Å². The molecule has 1 aromatic carbocycles. The molecule has 1 aliphatic heterocycles. The number of benzene rings is 1. The Morgan fingerprint density at radius 3 is 2.52 bits per heavy atom. The lowest BCUT2D eigenvalue weighted by Crippen LogP contribution is -2.42. The highest BCUT2D eigenvalue weighted by atomic mass is 35.5. The highest BCUT2D eigenvalue weighted by Gasteiger charge is 2.27. The molecule has 1 fully saturated rings. The molecule has 0 aromatic heterocycles. The molecule has 1 heterocycles. The van der Waals surface area contributed by atoms with Crippen molar-refractivity contribution in [2.75, 3.05) is 25.0 Å². The minimum atomic E-state index is 0. The van der Waals surface area contributed by atoms with Gasteiger partial charge in [-0.1, -0.05) is 18.2 Å². The van der Waals surface area contributed by atoms with E-state index in [9.17, 15) is 4.79 Å². The van der Waals surface area contributed by atoms with E-state index in [4.69, 9.17) is 5.73 Å². The molecule has 1 amide bonds. The maximum absolute atomic E-state index is 12.2. The first-order valence-electron chi connectivity index (χ1n) is 6.93. The first-order valence-corrected chi connectivity index (χ1v) is 6.93. The molecule has 1 aromatic rings. The summed E-state index contributed by atoms with van der Waals surface area (Å²) >= 11 is 0. The molecule has 2 rings (SSSR count). The predicted molar refractivity (Wildman–Crippen MR) is 92.7 cm³/mol. The van der Waals surface area contributed by atoms with Crippen molar-refractivity contribution in [3.05, 3.63) is 29.3 Å². The van der Waals surface area contributed by atoms with Crippen molar-refractivity contribution in [2.24, 2.45) is 5.73 Å². The Morgan fingerprint density at radius 2 is 1.95 bits per heavy atom. The summed E-state index contributed by atoms with van der Waals surface area (Å²) in [4.78, 5) is 14.1. The zero-order valence-electron chi connectivity index (χ0n) is 12.6. The lowest BCUT2D eigenvalue weighted by molar-refractivity contribution is -0.129. The number of anilines is 1. The number of amides is 1. The van der Waals surface area contributed by atoms with Crippen molar-refractivity contribution in [3.63, 3.8) is 0 Å². The number of para-hydroxylation sites is 1. The number of rotatable bonds is 4. The van der Waals surface area contributed by atoms with Crippen molar-refractivity contribution in [1.29, 1.82) is 0 Å². The summed E-state index contributed by atoms with van der Waals surface area (Å²) in [5, 5.41) is 3.27. The van der Waals surface area contributed by atoms with Gasteiger partial charge in [-0.2, -0.15) is 0 Å². The third-order valence-corrected chi connectivity index (χ3v) is 3.87. The van der Waals surface area contributed by atoms with Crippen LogP contribution in [0.2, 0.25) is 0 Å². The predicted octanol–water partition coefficient (Wildman–Crippen LogP) is 2.51. The average molecular weight is 334 g/mol. The largest absolute Gasteiger partial charge is 0.376 e. The van der Waals surface area contributed by atoms with Gasteiger partial charge in [-0.25, -0.2) is 0 Å². The molecule has 0 aliphatic carbocycles. The second kappa shape index (κ2) is 9.13. The van der Waals surface area contributed by atoms with Gasteiger partial charge in [-0.3, -0.25) is 4.79 Å². The van der Waals surface area contributed by atoms with Gasteiger partial charge in [-0.05, 0) is 37.8 Å². The summed E-state index contributed by atoms with van der Waals surface area (Å²) in [7, 11) is 0. The fourth-order valence-corrected chi connectivity index (χ4v) is 2.77. The fourth-order valence-electron chi connectivity index (χ4n) is 2.77. The molecular weight excluding hydrogens is 309 g/mol. The Bertz CT molecular complexity index is 448. The third-order valence-electron chi connectivity index (χ3n) is 3.87. The molecule has 6 heteroatoms. The van der Waals surface area contributed by atoms with Crippen LogP contribution in [-0.4, -0.2) is 36.5 Å². The van der Waals surface area contributed by atoms with Gasteiger partial charge >= 0.3 is 0 Å². The quantitative estimate of drug-likeness (QED) is 0.889. The maximum Gasteiger partial charge on any atom is 0.242 e. The zero-order chi connectivity index (χ0) is 13.8. The van der Waals surface area contributed by atoms with Gasteiger partial charge in [0.2, 0.25) is 5.91 Å². The van der Waals surface area contributed by atoms with E-state index in [0.29, 0.717) is 13.1 Å². The summed E-state index contributed by atoms with van der Waals surface area (Å²) in [6.45, 7) is 5.86. The number of carbonyl (C=O) groups is 1. The molecule has 1 aliphatic rings. The normalized spacial score (nSPS) is 16.9. The van der Waals surface area contributed by atoms with E-state index in [0.717, 1.165) is 25.1 Å². The third kappa shape index (κ3) is 4.77. The minimum Gasteiger partial charge on any atom is -0.376 e. The standard InChI is InChI=1S/C15H23N3O.2ClH/c1-11-5-3-6-12(2)15(11)17-10-14(19)18-8-4-7-13(18)9-16;;/h3,5-6,13,17H,4,7-10,16H2,1-2H3;2*1H. The molecule has 4 nitrogen and oxygen atoms in total. The van der Waals surface area contributed by atoms with Crippen molar-refractivity contribution < 1.29 is 4.79 Å². The van der Waals surface area contributed by atoms with Crippen LogP contribution in [-0.2, 0) is 4.79 Å². The van der Waals surface area contributed by atoms with Gasteiger partial charge in [0.05, 0.1) is 6.54 Å². The van der Waals surface area contributed by atoms with Crippen molar-refractivity contribution in [3.8, 4) is 0 Å². The number of hydrogen-bond donors (Lipinski definition) is 2. The Labute approximate surface area is 139 Å². The molecular formula is C15H25Cl2N3O. The summed E-state index contributed by atoms with van der Waals surface area (Å²) in [5.41, 5.74) is 9.11. The Hall–Kier alpha value is -0.970. The van der Waals surface area contributed by atoms with Gasteiger partial charge < -0.3 is 16.0 Å². The number of likely N-dealkylation sites (tertiary alicyclic amines) is 1. The topological polar surface area (TPSA) is 58.4 Å². The molecule has 21 heavy (non-hydrogen) atoms. The molecule has 1 saturated heterocycles. The van der Waals surface area contributed by atoms with Gasteiger partial charge in [0.1, 0.15) is 0 Å². The number of nitrogens with two attached hydrogens (primary N) is 1. The summed E-state index contributed by atoms with van der Waals surface area (Å²) in [6.07, 6.45) is 2.10. The first kappa shape index (κ1) is 20.0. The lowest BCUT2D eigenvalue weighted by Gasteiger charge is -2.24. The van der Waals surface area contributed by atoms with Crippen LogP contribution in [0.25, 0.3) is 0 Å². The van der Waals surface area contributed by atoms with E-state index in [-0.39, 0.29) is 36.8 Å². The van der Waals surface area contributed by atoms with Crippen LogP contribution in [0.3, 0.4) is 0 Å². The molecule has 1 atom stereocenters. The molecule has 0 spiro atoms. The summed E-state index contributed by atoms with van der Waals surface area (Å²) in [5.74, 6) is 0.149. The zero-order valence-corrected chi connectivity index (χ0v) is 14.2. The van der Waals surface area contributed by atoms with Crippen LogP contribution in [0.4, 0.5) is 5.69 Å². The van der Waals surface area contributed by atoms with Crippen LogP contribution in [0.5, 0.6) is 0 Å². The summed E-state index contributed by atoms with van der Waals surface area (Å²) < 4.78 is 0. The lowest BCUT2D eigenvalue weighted by atomic mass is 10.1. The molecule has 3 N–H and O–H groups in total. The number of carbonyl (C=O) groups excluding carboxylic acids is 1. The van der Waals surface area contributed by atoms with Gasteiger partial charge in [0.15, 0.2) is 0 Å². The van der Waals surface area contributed by atoms with E-state index in [1.807, 2.05) is 11.0 Å². The molecule has 0 bridgehead atoms. The number of hydrogen-bond acceptors (Lipinski definition) is 3. The van der Waals surface area contributed by atoms with Gasteiger partial charge in [0, 0.05) is 24.8 Å². The Morgan fingerprint density at radius 1 is 1.33 bits per heavy atom. The number of halogens is 2. The van der Waals surface area contributed by atoms with Gasteiger partial charge in [-0.15, -0.1) is 24.8 Å². The molecule has 0 radical (unpaired) electrons. The minimum absolute atomic E-state index is 0.